The standard InChI is InChI=1S/C25H25F4N5O/c1-16-19(15-18-7-3-5-9-21(18)26)23(31-17(2)30-16)33-11-13-34(14-12-33)24(35)32-22-10-6-4-8-20(22)25(27,28)29/h3-10H,11-15H2,1-2H3,(H,32,35). The first kappa shape index (κ1) is 24.4. The Labute approximate surface area is 200 Å². The summed E-state index contributed by atoms with van der Waals surface area (Å²) in [4.78, 5) is 25.2. The zero-order chi connectivity index (χ0) is 25.2. The monoisotopic (exact) mass is 487 g/mol. The molecule has 3 aromatic rings. The maximum Gasteiger partial charge on any atom is 0.418 e. The lowest BCUT2D eigenvalue weighted by molar-refractivity contribution is -0.136. The lowest BCUT2D eigenvalue weighted by Crippen LogP contribution is -2.50. The highest BCUT2D eigenvalue weighted by Gasteiger charge is 2.34. The third kappa shape index (κ3) is 5.52. The molecule has 0 radical (unpaired) electrons. The zero-order valence-corrected chi connectivity index (χ0v) is 19.4. The van der Waals surface area contributed by atoms with E-state index in [0.717, 1.165) is 17.3 Å². The van der Waals surface area contributed by atoms with Crippen LogP contribution in [0, 0.1) is 19.7 Å². The second kappa shape index (κ2) is 9.89. The topological polar surface area (TPSA) is 61.4 Å². The predicted molar refractivity (Wildman–Crippen MR) is 125 cm³/mol. The third-order valence-corrected chi connectivity index (χ3v) is 5.97. The minimum absolute atomic E-state index is 0.276. The minimum Gasteiger partial charge on any atom is -0.353 e. The summed E-state index contributed by atoms with van der Waals surface area (Å²) in [6.07, 6.45) is -4.25. The van der Waals surface area contributed by atoms with Crippen molar-refractivity contribution in [1.29, 1.82) is 0 Å². The summed E-state index contributed by atoms with van der Waals surface area (Å²) in [6.45, 7) is 5.08. The summed E-state index contributed by atoms with van der Waals surface area (Å²) < 4.78 is 54.1. The number of nitrogens with zero attached hydrogens (tertiary/aromatic N) is 4. The normalized spacial score (nSPS) is 14.2. The number of amides is 2. The molecule has 35 heavy (non-hydrogen) atoms. The molecule has 1 saturated heterocycles. The van der Waals surface area contributed by atoms with E-state index in [2.05, 4.69) is 15.3 Å². The minimum atomic E-state index is -4.57. The molecule has 2 aromatic carbocycles. The molecule has 2 amide bonds. The average molecular weight is 488 g/mol. The van der Waals surface area contributed by atoms with Gasteiger partial charge < -0.3 is 15.1 Å². The van der Waals surface area contributed by atoms with Gasteiger partial charge in [0.2, 0.25) is 0 Å². The highest BCUT2D eigenvalue weighted by atomic mass is 19.4. The second-order valence-electron chi connectivity index (χ2n) is 8.37. The van der Waals surface area contributed by atoms with Crippen LogP contribution in [0.15, 0.2) is 48.5 Å². The van der Waals surface area contributed by atoms with Crippen molar-refractivity contribution in [3.05, 3.63) is 82.6 Å². The van der Waals surface area contributed by atoms with Gasteiger partial charge in [0.15, 0.2) is 0 Å². The van der Waals surface area contributed by atoms with Crippen LogP contribution < -0.4 is 10.2 Å². The number of urea groups is 1. The number of nitrogens with one attached hydrogen (secondary N) is 1. The second-order valence-corrected chi connectivity index (χ2v) is 8.37. The first-order valence-corrected chi connectivity index (χ1v) is 11.2. The first-order valence-electron chi connectivity index (χ1n) is 11.2. The molecule has 0 atom stereocenters. The summed E-state index contributed by atoms with van der Waals surface area (Å²) in [5, 5.41) is 2.39. The summed E-state index contributed by atoms with van der Waals surface area (Å²) in [5.74, 6) is 0.957. The molecule has 0 unspecified atom stereocenters. The molecule has 184 valence electrons. The van der Waals surface area contributed by atoms with Crippen molar-refractivity contribution in [2.75, 3.05) is 36.4 Å². The van der Waals surface area contributed by atoms with Crippen LogP contribution in [0.4, 0.5) is 33.9 Å². The van der Waals surface area contributed by atoms with Gasteiger partial charge >= 0.3 is 12.2 Å². The van der Waals surface area contributed by atoms with Gasteiger partial charge in [0.25, 0.3) is 0 Å². The smallest absolute Gasteiger partial charge is 0.353 e. The Morgan fingerprint density at radius 2 is 1.63 bits per heavy atom. The van der Waals surface area contributed by atoms with Gasteiger partial charge in [0.1, 0.15) is 17.5 Å². The quantitative estimate of drug-likeness (QED) is 0.514. The fourth-order valence-electron chi connectivity index (χ4n) is 4.17. The molecule has 4 rings (SSSR count). The molecule has 1 aliphatic rings. The molecule has 10 heteroatoms. The molecule has 0 saturated carbocycles. The molecule has 0 bridgehead atoms. The Hall–Kier alpha value is -3.69. The van der Waals surface area contributed by atoms with Crippen LogP contribution in [0.2, 0.25) is 0 Å². The lowest BCUT2D eigenvalue weighted by atomic mass is 10.0. The van der Waals surface area contributed by atoms with E-state index in [9.17, 15) is 22.4 Å². The van der Waals surface area contributed by atoms with Crippen molar-refractivity contribution in [3.8, 4) is 0 Å². The molecule has 1 aliphatic heterocycles. The van der Waals surface area contributed by atoms with Crippen LogP contribution in [-0.4, -0.2) is 47.1 Å². The van der Waals surface area contributed by atoms with Crippen molar-refractivity contribution in [3.63, 3.8) is 0 Å². The highest BCUT2D eigenvalue weighted by molar-refractivity contribution is 5.90. The van der Waals surface area contributed by atoms with Gasteiger partial charge in [-0.05, 0) is 37.6 Å². The largest absolute Gasteiger partial charge is 0.418 e. The zero-order valence-electron chi connectivity index (χ0n) is 19.4. The van der Waals surface area contributed by atoms with Gasteiger partial charge in [0, 0.05) is 43.9 Å². The van der Waals surface area contributed by atoms with Gasteiger partial charge in [-0.15, -0.1) is 0 Å². The van der Waals surface area contributed by atoms with Crippen molar-refractivity contribution in [1.82, 2.24) is 14.9 Å². The molecule has 1 aromatic heterocycles. The van der Waals surface area contributed by atoms with Gasteiger partial charge in [-0.3, -0.25) is 0 Å². The number of anilines is 2. The Morgan fingerprint density at radius 1 is 0.971 bits per heavy atom. The molecule has 6 nitrogen and oxygen atoms in total. The molecule has 1 N–H and O–H groups in total. The van der Waals surface area contributed by atoms with E-state index in [4.69, 9.17) is 0 Å². The number of hydrogen-bond donors (Lipinski definition) is 1. The van der Waals surface area contributed by atoms with Crippen LogP contribution in [-0.2, 0) is 12.6 Å². The molecule has 2 heterocycles. The molecular formula is C25H25F4N5O. The van der Waals surface area contributed by atoms with E-state index in [1.54, 1.807) is 25.1 Å². The average Bonchev–Trinajstić information content (AvgIpc) is 2.81. The van der Waals surface area contributed by atoms with Crippen molar-refractivity contribution >= 4 is 17.5 Å². The summed E-state index contributed by atoms with van der Waals surface area (Å²) in [5.41, 5.74) is 0.918. The lowest BCUT2D eigenvalue weighted by Gasteiger charge is -2.36. The van der Waals surface area contributed by atoms with Crippen LogP contribution in [0.5, 0.6) is 0 Å². The maximum absolute atomic E-state index is 14.3. The number of carbonyl (C=O) groups is 1. The van der Waals surface area contributed by atoms with Crippen LogP contribution in [0.3, 0.4) is 0 Å². The van der Waals surface area contributed by atoms with E-state index >= 15 is 0 Å². The predicted octanol–water partition coefficient (Wildman–Crippen LogP) is 5.20. The van der Waals surface area contributed by atoms with Crippen LogP contribution >= 0.6 is 0 Å². The number of benzene rings is 2. The van der Waals surface area contributed by atoms with E-state index in [-0.39, 0.29) is 11.5 Å². The Morgan fingerprint density at radius 3 is 2.31 bits per heavy atom. The Bertz CT molecular complexity index is 1220. The SMILES string of the molecule is Cc1nc(C)c(Cc2ccccc2F)c(N2CCN(C(=O)Nc3ccccc3C(F)(F)F)CC2)n1. The Kier molecular flexibility index (Phi) is 6.90. The number of hydrogen-bond acceptors (Lipinski definition) is 4. The number of piperazine rings is 1. The first-order chi connectivity index (χ1) is 16.6. The molecule has 1 fully saturated rings. The van der Waals surface area contributed by atoms with E-state index in [1.165, 1.54) is 29.2 Å². The van der Waals surface area contributed by atoms with E-state index in [1.807, 2.05) is 11.8 Å². The van der Waals surface area contributed by atoms with Gasteiger partial charge in [-0.2, -0.15) is 13.2 Å². The van der Waals surface area contributed by atoms with Crippen molar-refractivity contribution in [2.24, 2.45) is 0 Å². The number of aryl methyl sites for hydroxylation is 2. The number of aromatic nitrogens is 2. The third-order valence-electron chi connectivity index (χ3n) is 5.97. The summed E-state index contributed by atoms with van der Waals surface area (Å²) in [7, 11) is 0. The van der Waals surface area contributed by atoms with Gasteiger partial charge in [-0.1, -0.05) is 30.3 Å². The number of carbonyl (C=O) groups excluding carboxylic acids is 1. The van der Waals surface area contributed by atoms with E-state index in [0.29, 0.717) is 49.8 Å². The summed E-state index contributed by atoms with van der Waals surface area (Å²) >= 11 is 0. The summed E-state index contributed by atoms with van der Waals surface area (Å²) in [6, 6.07) is 10.8. The molecule has 0 spiro atoms. The number of para-hydroxylation sites is 1. The maximum atomic E-state index is 14.3. The van der Waals surface area contributed by atoms with E-state index < -0.39 is 17.8 Å². The number of alkyl halides is 3. The van der Waals surface area contributed by atoms with Crippen molar-refractivity contribution < 1.29 is 22.4 Å². The van der Waals surface area contributed by atoms with Crippen LogP contribution in [0.25, 0.3) is 0 Å². The fraction of sp³-hybridized carbons (Fsp3) is 0.320. The highest BCUT2D eigenvalue weighted by Crippen LogP contribution is 2.34. The van der Waals surface area contributed by atoms with Crippen LogP contribution in [0.1, 0.15) is 28.2 Å². The number of rotatable bonds is 4. The van der Waals surface area contributed by atoms with Crippen molar-refractivity contribution in [2.45, 2.75) is 26.4 Å². The number of halogens is 4. The van der Waals surface area contributed by atoms with Gasteiger partial charge in [0.05, 0.1) is 11.3 Å². The Balaban J connectivity index is 1.49. The molecular weight excluding hydrogens is 462 g/mol. The fourth-order valence-corrected chi connectivity index (χ4v) is 4.17. The van der Waals surface area contributed by atoms with Gasteiger partial charge in [-0.25, -0.2) is 19.2 Å². The molecule has 0 aliphatic carbocycles.